The fourth-order valence-electron chi connectivity index (χ4n) is 1.89. The van der Waals surface area contributed by atoms with Gasteiger partial charge in [0.15, 0.2) is 11.6 Å². The Morgan fingerprint density at radius 2 is 2.19 bits per heavy atom. The summed E-state index contributed by atoms with van der Waals surface area (Å²) < 4.78 is 27.9. The number of benzene rings is 1. The second kappa shape index (κ2) is 6.22. The van der Waals surface area contributed by atoms with Crippen LogP contribution in [0.25, 0.3) is 5.69 Å². The standard InChI is InChI=1S/C14H15F2N5/c1-2-3-6-19-14-10(8-17)13(18)21(20-14)12-5-4-9(15)7-11(12)16/h4-5,7H,2-3,6,18H2,1H3,(H,19,20). The summed E-state index contributed by atoms with van der Waals surface area (Å²) in [7, 11) is 0. The number of nitrogen functional groups attached to an aromatic ring is 1. The number of nitrogens with zero attached hydrogens (tertiary/aromatic N) is 3. The summed E-state index contributed by atoms with van der Waals surface area (Å²) in [4.78, 5) is 0. The van der Waals surface area contributed by atoms with Crippen molar-refractivity contribution in [1.29, 1.82) is 5.26 Å². The molecule has 0 spiro atoms. The smallest absolute Gasteiger partial charge is 0.168 e. The van der Waals surface area contributed by atoms with E-state index < -0.39 is 11.6 Å². The Labute approximate surface area is 121 Å². The average Bonchev–Trinajstić information content (AvgIpc) is 2.75. The van der Waals surface area contributed by atoms with E-state index in [9.17, 15) is 8.78 Å². The predicted octanol–water partition coefficient (Wildman–Crippen LogP) is 2.82. The van der Waals surface area contributed by atoms with E-state index in [2.05, 4.69) is 10.4 Å². The monoisotopic (exact) mass is 291 g/mol. The summed E-state index contributed by atoms with van der Waals surface area (Å²) in [6, 6.07) is 5.02. The summed E-state index contributed by atoms with van der Waals surface area (Å²) in [6.07, 6.45) is 1.89. The number of nitrogens with one attached hydrogen (secondary N) is 1. The third-order valence-electron chi connectivity index (χ3n) is 2.99. The van der Waals surface area contributed by atoms with E-state index in [-0.39, 0.29) is 17.1 Å². The van der Waals surface area contributed by atoms with Crippen molar-refractivity contribution in [2.75, 3.05) is 17.6 Å². The van der Waals surface area contributed by atoms with E-state index in [1.54, 1.807) is 0 Å². The number of hydrogen-bond acceptors (Lipinski definition) is 4. The predicted molar refractivity (Wildman–Crippen MR) is 76.0 cm³/mol. The first-order valence-corrected chi connectivity index (χ1v) is 6.56. The number of anilines is 2. The largest absolute Gasteiger partial charge is 0.382 e. The van der Waals surface area contributed by atoms with Crippen LogP contribution in [-0.4, -0.2) is 16.3 Å². The lowest BCUT2D eigenvalue weighted by Crippen LogP contribution is -2.06. The molecule has 5 nitrogen and oxygen atoms in total. The van der Waals surface area contributed by atoms with E-state index >= 15 is 0 Å². The number of nitrogens with two attached hydrogens (primary N) is 1. The maximum Gasteiger partial charge on any atom is 0.168 e. The van der Waals surface area contributed by atoms with Crippen molar-refractivity contribution in [3.63, 3.8) is 0 Å². The van der Waals surface area contributed by atoms with Crippen molar-refractivity contribution >= 4 is 11.6 Å². The van der Waals surface area contributed by atoms with Gasteiger partial charge in [-0.1, -0.05) is 13.3 Å². The molecule has 0 aliphatic carbocycles. The maximum absolute atomic E-state index is 13.8. The zero-order chi connectivity index (χ0) is 15.4. The third kappa shape index (κ3) is 2.94. The fourth-order valence-corrected chi connectivity index (χ4v) is 1.89. The van der Waals surface area contributed by atoms with E-state index in [1.165, 1.54) is 6.07 Å². The Morgan fingerprint density at radius 1 is 1.43 bits per heavy atom. The Balaban J connectivity index is 2.43. The minimum absolute atomic E-state index is 0.00561. The molecule has 1 aromatic heterocycles. The van der Waals surface area contributed by atoms with Crippen molar-refractivity contribution in [2.24, 2.45) is 0 Å². The summed E-state index contributed by atoms with van der Waals surface area (Å²) in [5.41, 5.74) is 5.98. The van der Waals surface area contributed by atoms with Crippen molar-refractivity contribution in [2.45, 2.75) is 19.8 Å². The average molecular weight is 291 g/mol. The van der Waals surface area contributed by atoms with Gasteiger partial charge in [0.25, 0.3) is 0 Å². The molecule has 0 amide bonds. The minimum atomic E-state index is -0.797. The van der Waals surface area contributed by atoms with Crippen molar-refractivity contribution in [1.82, 2.24) is 9.78 Å². The Morgan fingerprint density at radius 3 is 2.81 bits per heavy atom. The van der Waals surface area contributed by atoms with Crippen molar-refractivity contribution in [3.8, 4) is 11.8 Å². The Hall–Kier alpha value is -2.62. The normalized spacial score (nSPS) is 10.4. The van der Waals surface area contributed by atoms with E-state index in [1.807, 2.05) is 13.0 Å². The van der Waals surface area contributed by atoms with Crippen molar-refractivity contribution < 1.29 is 8.78 Å². The topological polar surface area (TPSA) is 79.7 Å². The zero-order valence-electron chi connectivity index (χ0n) is 11.5. The highest BCUT2D eigenvalue weighted by Gasteiger charge is 2.18. The van der Waals surface area contributed by atoms with Gasteiger partial charge >= 0.3 is 0 Å². The van der Waals surface area contributed by atoms with Gasteiger partial charge in [0.2, 0.25) is 0 Å². The summed E-state index contributed by atoms with van der Waals surface area (Å²) in [6.45, 7) is 2.67. The number of nitriles is 1. The second-order valence-electron chi connectivity index (χ2n) is 4.51. The first kappa shape index (κ1) is 14.8. The van der Waals surface area contributed by atoms with Crippen LogP contribution < -0.4 is 11.1 Å². The highest BCUT2D eigenvalue weighted by Crippen LogP contribution is 2.25. The number of hydrogen-bond donors (Lipinski definition) is 2. The molecule has 0 atom stereocenters. The first-order chi connectivity index (χ1) is 10.1. The summed E-state index contributed by atoms with van der Waals surface area (Å²) in [5, 5.41) is 16.3. The molecule has 7 heteroatoms. The van der Waals surface area contributed by atoms with Gasteiger partial charge in [-0.3, -0.25) is 0 Å². The number of rotatable bonds is 5. The third-order valence-corrected chi connectivity index (χ3v) is 2.99. The summed E-state index contributed by atoms with van der Waals surface area (Å²) in [5.74, 6) is -1.17. The van der Waals surface area contributed by atoms with Crippen LogP contribution in [0.5, 0.6) is 0 Å². The fraction of sp³-hybridized carbons (Fsp3) is 0.286. The lowest BCUT2D eigenvalue weighted by Gasteiger charge is -2.05. The van der Waals surface area contributed by atoms with Gasteiger partial charge < -0.3 is 11.1 Å². The number of unbranched alkanes of at least 4 members (excludes halogenated alkanes) is 1. The molecule has 110 valence electrons. The van der Waals surface area contributed by atoms with Crippen LogP contribution in [0.2, 0.25) is 0 Å². The van der Waals surface area contributed by atoms with Crippen LogP contribution in [0.4, 0.5) is 20.4 Å². The lowest BCUT2D eigenvalue weighted by atomic mass is 10.3. The molecule has 0 fully saturated rings. The number of aromatic nitrogens is 2. The molecule has 0 saturated carbocycles. The SMILES string of the molecule is CCCCNc1nn(-c2ccc(F)cc2F)c(N)c1C#N. The molecule has 0 unspecified atom stereocenters. The molecular formula is C14H15F2N5. The highest BCUT2D eigenvalue weighted by atomic mass is 19.1. The van der Waals surface area contributed by atoms with Crippen LogP contribution in [0.15, 0.2) is 18.2 Å². The molecule has 1 heterocycles. The Bertz CT molecular complexity index is 687. The molecule has 3 N–H and O–H groups in total. The second-order valence-corrected chi connectivity index (χ2v) is 4.51. The molecule has 0 aliphatic heterocycles. The van der Waals surface area contributed by atoms with Gasteiger partial charge in [0, 0.05) is 12.6 Å². The maximum atomic E-state index is 13.8. The van der Waals surface area contributed by atoms with Crippen LogP contribution in [0.3, 0.4) is 0 Å². The van der Waals surface area contributed by atoms with Crippen LogP contribution in [0, 0.1) is 23.0 Å². The molecule has 2 aromatic rings. The molecule has 21 heavy (non-hydrogen) atoms. The van der Waals surface area contributed by atoms with E-state index in [4.69, 9.17) is 11.0 Å². The van der Waals surface area contributed by atoms with Crippen LogP contribution in [0.1, 0.15) is 25.3 Å². The quantitative estimate of drug-likeness (QED) is 0.830. The van der Waals surface area contributed by atoms with Gasteiger partial charge in [-0.05, 0) is 18.6 Å². The molecule has 1 aromatic carbocycles. The van der Waals surface area contributed by atoms with E-state index in [0.717, 1.165) is 29.7 Å². The van der Waals surface area contributed by atoms with Gasteiger partial charge in [0.05, 0.1) is 0 Å². The van der Waals surface area contributed by atoms with Gasteiger partial charge in [0.1, 0.15) is 29.0 Å². The zero-order valence-corrected chi connectivity index (χ0v) is 11.5. The van der Waals surface area contributed by atoms with Crippen molar-refractivity contribution in [3.05, 3.63) is 35.4 Å². The van der Waals surface area contributed by atoms with E-state index in [0.29, 0.717) is 12.4 Å². The first-order valence-electron chi connectivity index (χ1n) is 6.56. The molecule has 0 bridgehead atoms. The highest BCUT2D eigenvalue weighted by molar-refractivity contribution is 5.66. The van der Waals surface area contributed by atoms with Gasteiger partial charge in [-0.15, -0.1) is 5.10 Å². The molecule has 2 rings (SSSR count). The molecule has 0 saturated heterocycles. The minimum Gasteiger partial charge on any atom is -0.382 e. The summed E-state index contributed by atoms with van der Waals surface area (Å²) >= 11 is 0. The molecular weight excluding hydrogens is 276 g/mol. The molecule has 0 radical (unpaired) electrons. The van der Waals surface area contributed by atoms with Gasteiger partial charge in [-0.2, -0.15) is 5.26 Å². The molecule has 0 aliphatic rings. The Kier molecular flexibility index (Phi) is 4.38. The van der Waals surface area contributed by atoms with Crippen LogP contribution >= 0.6 is 0 Å². The lowest BCUT2D eigenvalue weighted by molar-refractivity contribution is 0.574. The number of halogens is 2. The van der Waals surface area contributed by atoms with Gasteiger partial charge in [-0.25, -0.2) is 13.5 Å². The van der Waals surface area contributed by atoms with Crippen LogP contribution in [-0.2, 0) is 0 Å².